The predicted molar refractivity (Wildman–Crippen MR) is 85.4 cm³/mol. The van der Waals surface area contributed by atoms with E-state index in [0.29, 0.717) is 12.0 Å². The molecule has 1 aromatic heterocycles. The van der Waals surface area contributed by atoms with Crippen LogP contribution in [0.5, 0.6) is 0 Å². The minimum absolute atomic E-state index is 0.655. The van der Waals surface area contributed by atoms with Crippen LogP contribution in [-0.2, 0) is 6.42 Å². The van der Waals surface area contributed by atoms with E-state index >= 15 is 0 Å². The largest absolute Gasteiger partial charge is 0.370 e. The fraction of sp³-hybridized carbons (Fsp3) is 0.750. The van der Waals surface area contributed by atoms with Crippen LogP contribution >= 0.6 is 0 Å². The van der Waals surface area contributed by atoms with Gasteiger partial charge in [-0.3, -0.25) is 0 Å². The molecule has 0 amide bonds. The Kier molecular flexibility index (Phi) is 5.21. The Hall–Kier alpha value is -1.32. The van der Waals surface area contributed by atoms with Crippen LogP contribution in [0.4, 0.5) is 11.6 Å². The van der Waals surface area contributed by atoms with E-state index in [0.717, 1.165) is 37.6 Å². The molecule has 0 spiro atoms. The van der Waals surface area contributed by atoms with Crippen molar-refractivity contribution in [3.63, 3.8) is 0 Å². The first-order valence-corrected chi connectivity index (χ1v) is 8.01. The van der Waals surface area contributed by atoms with Gasteiger partial charge in [-0.05, 0) is 32.1 Å². The van der Waals surface area contributed by atoms with Gasteiger partial charge in [0.05, 0.1) is 0 Å². The fourth-order valence-electron chi connectivity index (χ4n) is 2.64. The molecule has 1 heterocycles. The Bertz CT molecular complexity index is 426. The fourth-order valence-corrected chi connectivity index (χ4v) is 2.64. The zero-order chi connectivity index (χ0) is 14.5. The summed E-state index contributed by atoms with van der Waals surface area (Å²) in [4.78, 5) is 11.6. The molecule has 1 N–H and O–H groups in total. The van der Waals surface area contributed by atoms with Gasteiger partial charge in [0.15, 0.2) is 0 Å². The summed E-state index contributed by atoms with van der Waals surface area (Å²) in [6, 6.07) is 0.692. The second kappa shape index (κ2) is 6.91. The van der Waals surface area contributed by atoms with Crippen molar-refractivity contribution in [1.82, 2.24) is 9.97 Å². The topological polar surface area (TPSA) is 41.1 Å². The Morgan fingerprint density at radius 3 is 2.60 bits per heavy atom. The lowest BCUT2D eigenvalue weighted by Crippen LogP contribution is -2.32. The van der Waals surface area contributed by atoms with E-state index in [9.17, 15) is 0 Å². The molecule has 0 atom stereocenters. The highest BCUT2D eigenvalue weighted by Crippen LogP contribution is 2.35. The lowest BCUT2D eigenvalue weighted by molar-refractivity contribution is 0.600. The number of aromatic nitrogens is 2. The van der Waals surface area contributed by atoms with Crippen LogP contribution in [0, 0.1) is 5.92 Å². The molecule has 1 saturated carbocycles. The molecule has 0 bridgehead atoms. The normalized spacial score (nSPS) is 14.7. The molecule has 0 aromatic carbocycles. The molecule has 1 fully saturated rings. The highest BCUT2D eigenvalue weighted by molar-refractivity contribution is 5.60. The lowest BCUT2D eigenvalue weighted by atomic mass is 10.1. The molecule has 1 aromatic rings. The summed E-state index contributed by atoms with van der Waals surface area (Å²) in [6.07, 6.45) is 6.48. The summed E-state index contributed by atoms with van der Waals surface area (Å²) < 4.78 is 0. The number of rotatable bonds is 8. The molecule has 0 saturated heterocycles. The van der Waals surface area contributed by atoms with E-state index in [1.54, 1.807) is 6.33 Å². The molecule has 0 radical (unpaired) electrons. The van der Waals surface area contributed by atoms with Crippen molar-refractivity contribution in [2.24, 2.45) is 5.92 Å². The minimum Gasteiger partial charge on any atom is -0.370 e. The van der Waals surface area contributed by atoms with Gasteiger partial charge in [-0.2, -0.15) is 0 Å². The molecular weight excluding hydrogens is 248 g/mol. The van der Waals surface area contributed by atoms with E-state index in [1.165, 1.54) is 18.4 Å². The Balaban J connectivity index is 2.33. The summed E-state index contributed by atoms with van der Waals surface area (Å²) >= 11 is 0. The molecule has 0 unspecified atom stereocenters. The van der Waals surface area contributed by atoms with Gasteiger partial charge in [0.2, 0.25) is 0 Å². The van der Waals surface area contributed by atoms with Crippen LogP contribution in [0.15, 0.2) is 6.33 Å². The van der Waals surface area contributed by atoms with Gasteiger partial charge in [-0.25, -0.2) is 9.97 Å². The van der Waals surface area contributed by atoms with Crippen molar-refractivity contribution in [3.05, 3.63) is 11.9 Å². The first kappa shape index (κ1) is 15.1. The monoisotopic (exact) mass is 276 g/mol. The first-order valence-electron chi connectivity index (χ1n) is 8.01. The van der Waals surface area contributed by atoms with Gasteiger partial charge in [0.25, 0.3) is 0 Å². The highest BCUT2D eigenvalue weighted by atomic mass is 15.2. The van der Waals surface area contributed by atoms with Crippen molar-refractivity contribution in [3.8, 4) is 0 Å². The van der Waals surface area contributed by atoms with Crippen LogP contribution in [0.2, 0.25) is 0 Å². The van der Waals surface area contributed by atoms with Crippen LogP contribution in [0.3, 0.4) is 0 Å². The van der Waals surface area contributed by atoms with Crippen LogP contribution in [0.25, 0.3) is 0 Å². The predicted octanol–water partition coefficient (Wildman–Crippen LogP) is 3.49. The molecule has 0 aliphatic heterocycles. The van der Waals surface area contributed by atoms with Crippen molar-refractivity contribution < 1.29 is 0 Å². The minimum atomic E-state index is 0.655. The molecule has 2 rings (SSSR count). The average Bonchev–Trinajstić information content (AvgIpc) is 3.23. The molecule has 4 nitrogen and oxygen atoms in total. The standard InChI is InChI=1S/C16H28N4/c1-5-7-14-15(17-6-2)18-11-19-16(14)20(10-12(3)4)13-8-9-13/h11-13H,5-10H2,1-4H3,(H,17,18,19). The number of nitrogens with one attached hydrogen (secondary N) is 1. The maximum atomic E-state index is 4.63. The Morgan fingerprint density at radius 1 is 1.30 bits per heavy atom. The van der Waals surface area contributed by atoms with Gasteiger partial charge in [-0.1, -0.05) is 27.2 Å². The molecule has 112 valence electrons. The molecule has 1 aliphatic carbocycles. The van der Waals surface area contributed by atoms with Gasteiger partial charge < -0.3 is 10.2 Å². The van der Waals surface area contributed by atoms with Gasteiger partial charge in [0, 0.05) is 24.7 Å². The third-order valence-electron chi connectivity index (χ3n) is 3.59. The summed E-state index contributed by atoms with van der Waals surface area (Å²) in [5.41, 5.74) is 1.30. The van der Waals surface area contributed by atoms with E-state index in [4.69, 9.17) is 0 Å². The first-order chi connectivity index (χ1) is 9.67. The average molecular weight is 276 g/mol. The summed E-state index contributed by atoms with van der Waals surface area (Å²) in [7, 11) is 0. The van der Waals surface area contributed by atoms with Crippen molar-refractivity contribution in [2.75, 3.05) is 23.3 Å². The van der Waals surface area contributed by atoms with E-state index in [1.807, 2.05) is 0 Å². The van der Waals surface area contributed by atoms with Crippen molar-refractivity contribution >= 4 is 11.6 Å². The van der Waals surface area contributed by atoms with E-state index < -0.39 is 0 Å². The van der Waals surface area contributed by atoms with E-state index in [-0.39, 0.29) is 0 Å². The number of hydrogen-bond donors (Lipinski definition) is 1. The molecule has 20 heavy (non-hydrogen) atoms. The van der Waals surface area contributed by atoms with Crippen LogP contribution < -0.4 is 10.2 Å². The molecular formula is C16H28N4. The molecule has 1 aliphatic rings. The second-order valence-electron chi connectivity index (χ2n) is 6.08. The third-order valence-corrected chi connectivity index (χ3v) is 3.59. The number of nitrogens with zero attached hydrogens (tertiary/aromatic N) is 3. The summed E-state index contributed by atoms with van der Waals surface area (Å²) in [5, 5.41) is 3.39. The Morgan fingerprint density at radius 2 is 2.05 bits per heavy atom. The van der Waals surface area contributed by atoms with Crippen molar-refractivity contribution in [1.29, 1.82) is 0 Å². The third kappa shape index (κ3) is 3.62. The lowest BCUT2D eigenvalue weighted by Gasteiger charge is -2.28. The number of hydrogen-bond acceptors (Lipinski definition) is 4. The van der Waals surface area contributed by atoms with Crippen LogP contribution in [0.1, 0.15) is 52.5 Å². The highest BCUT2D eigenvalue weighted by Gasteiger charge is 2.32. The smallest absolute Gasteiger partial charge is 0.137 e. The molecule has 4 heteroatoms. The van der Waals surface area contributed by atoms with Crippen LogP contribution in [-0.4, -0.2) is 29.1 Å². The quantitative estimate of drug-likeness (QED) is 0.789. The van der Waals surface area contributed by atoms with Gasteiger partial charge in [0.1, 0.15) is 18.0 Å². The van der Waals surface area contributed by atoms with Crippen molar-refractivity contribution in [2.45, 2.75) is 59.4 Å². The zero-order valence-corrected chi connectivity index (χ0v) is 13.3. The zero-order valence-electron chi connectivity index (χ0n) is 13.3. The summed E-state index contributed by atoms with van der Waals surface area (Å²) in [6.45, 7) is 10.9. The maximum absolute atomic E-state index is 4.63. The van der Waals surface area contributed by atoms with E-state index in [2.05, 4.69) is 47.9 Å². The summed E-state index contributed by atoms with van der Waals surface area (Å²) in [5.74, 6) is 2.84. The SMILES string of the molecule is CCCc1c(NCC)ncnc1N(CC(C)C)C1CC1. The maximum Gasteiger partial charge on any atom is 0.137 e. The number of anilines is 2. The second-order valence-corrected chi connectivity index (χ2v) is 6.08. The van der Waals surface area contributed by atoms with Gasteiger partial charge in [-0.15, -0.1) is 0 Å². The Labute approximate surface area is 123 Å². The van der Waals surface area contributed by atoms with Gasteiger partial charge >= 0.3 is 0 Å².